The van der Waals surface area contributed by atoms with Crippen LogP contribution >= 0.6 is 24.0 Å². The van der Waals surface area contributed by atoms with Crippen molar-refractivity contribution in [3.8, 4) is 0 Å². The van der Waals surface area contributed by atoms with Crippen LogP contribution in [0.25, 0.3) is 0 Å². The van der Waals surface area contributed by atoms with Gasteiger partial charge in [0.1, 0.15) is 0 Å². The van der Waals surface area contributed by atoms with Crippen molar-refractivity contribution in [3.63, 3.8) is 0 Å². The van der Waals surface area contributed by atoms with Crippen molar-refractivity contribution in [1.82, 2.24) is 20.4 Å². The fourth-order valence-corrected chi connectivity index (χ4v) is 2.88. The molecule has 0 aromatic carbocycles. The molecule has 0 amide bonds. The van der Waals surface area contributed by atoms with Gasteiger partial charge in [-0.25, -0.2) is 0 Å². The van der Waals surface area contributed by atoms with E-state index in [1.54, 1.807) is 0 Å². The number of hydrogen-bond acceptors (Lipinski definition) is 3. The molecule has 1 fully saturated rings. The van der Waals surface area contributed by atoms with Gasteiger partial charge in [0.2, 0.25) is 0 Å². The molecule has 5 nitrogen and oxygen atoms in total. The molecular weight excluding hydrogens is 389 g/mol. The number of nitrogens with zero attached hydrogens (tertiary/aromatic N) is 3. The lowest BCUT2D eigenvalue weighted by molar-refractivity contribution is 0.283. The summed E-state index contributed by atoms with van der Waals surface area (Å²) in [5, 5.41) is 6.87. The number of aliphatic imine (C=N–C) groups is 1. The third-order valence-electron chi connectivity index (χ3n) is 4.19. The molecule has 6 heteroatoms. The van der Waals surface area contributed by atoms with E-state index in [4.69, 9.17) is 4.99 Å². The molecule has 0 unspecified atom stereocenters. The third kappa shape index (κ3) is 7.28. The highest BCUT2D eigenvalue weighted by Gasteiger charge is 2.13. The minimum Gasteiger partial charge on any atom is -0.357 e. The van der Waals surface area contributed by atoms with Gasteiger partial charge in [0, 0.05) is 32.2 Å². The van der Waals surface area contributed by atoms with Gasteiger partial charge < -0.3 is 20.4 Å². The zero-order chi connectivity index (χ0) is 14.9. The van der Waals surface area contributed by atoms with Crippen molar-refractivity contribution >= 4 is 29.9 Å². The van der Waals surface area contributed by atoms with E-state index in [-0.39, 0.29) is 24.0 Å². The first-order valence-electron chi connectivity index (χ1n) is 8.38. The highest BCUT2D eigenvalue weighted by molar-refractivity contribution is 14.0. The molecule has 2 aliphatic rings. The van der Waals surface area contributed by atoms with E-state index in [0.29, 0.717) is 6.04 Å². The van der Waals surface area contributed by atoms with Gasteiger partial charge in [-0.15, -0.1) is 24.0 Å². The quantitative estimate of drug-likeness (QED) is 0.306. The lowest BCUT2D eigenvalue weighted by Gasteiger charge is -2.20. The topological polar surface area (TPSA) is 42.9 Å². The number of likely N-dealkylation sites (N-methyl/N-ethyl adjacent to an activating group) is 1. The number of hydrogen-bond donors (Lipinski definition) is 2. The molecule has 0 atom stereocenters. The molecule has 1 aliphatic carbocycles. The normalized spacial score (nSPS) is 21.5. The molecular formula is C16H32IN5. The summed E-state index contributed by atoms with van der Waals surface area (Å²) in [5.74, 6) is 0.970. The highest BCUT2D eigenvalue weighted by Crippen LogP contribution is 2.08. The SMILES string of the molecule is CCNC(=NCCN1CCCN(C)CC1)NC1CC=CC1.I. The molecule has 2 N–H and O–H groups in total. The third-order valence-corrected chi connectivity index (χ3v) is 4.19. The van der Waals surface area contributed by atoms with Gasteiger partial charge >= 0.3 is 0 Å². The van der Waals surface area contributed by atoms with Crippen LogP contribution in [0.1, 0.15) is 26.2 Å². The Labute approximate surface area is 152 Å². The number of rotatable bonds is 5. The van der Waals surface area contributed by atoms with Crippen molar-refractivity contribution in [3.05, 3.63) is 12.2 Å². The van der Waals surface area contributed by atoms with Gasteiger partial charge in [0.25, 0.3) is 0 Å². The molecule has 128 valence electrons. The molecule has 2 rings (SSSR count). The first-order valence-corrected chi connectivity index (χ1v) is 8.38. The van der Waals surface area contributed by atoms with E-state index < -0.39 is 0 Å². The average molecular weight is 421 g/mol. The molecule has 0 radical (unpaired) electrons. The molecule has 1 heterocycles. The summed E-state index contributed by atoms with van der Waals surface area (Å²) >= 11 is 0. The second-order valence-corrected chi connectivity index (χ2v) is 6.04. The predicted octanol–water partition coefficient (Wildman–Crippen LogP) is 1.52. The Morgan fingerprint density at radius 3 is 2.68 bits per heavy atom. The van der Waals surface area contributed by atoms with Crippen LogP contribution in [0.5, 0.6) is 0 Å². The minimum absolute atomic E-state index is 0. The van der Waals surface area contributed by atoms with E-state index in [9.17, 15) is 0 Å². The maximum Gasteiger partial charge on any atom is 0.191 e. The molecule has 0 aromatic rings. The molecule has 0 spiro atoms. The van der Waals surface area contributed by atoms with Crippen molar-refractivity contribution in [2.24, 2.45) is 4.99 Å². The lowest BCUT2D eigenvalue weighted by atomic mass is 10.2. The monoisotopic (exact) mass is 421 g/mol. The summed E-state index contributed by atoms with van der Waals surface area (Å²) in [5.41, 5.74) is 0. The predicted molar refractivity (Wildman–Crippen MR) is 105 cm³/mol. The summed E-state index contributed by atoms with van der Waals surface area (Å²) in [6.07, 6.45) is 7.99. The Bertz CT molecular complexity index is 350. The molecule has 0 bridgehead atoms. The maximum atomic E-state index is 4.73. The fraction of sp³-hybridized carbons (Fsp3) is 0.812. The second kappa shape index (κ2) is 11.2. The zero-order valence-corrected chi connectivity index (χ0v) is 16.4. The van der Waals surface area contributed by atoms with Crippen LogP contribution in [-0.4, -0.2) is 74.7 Å². The van der Waals surface area contributed by atoms with Crippen molar-refractivity contribution in [1.29, 1.82) is 0 Å². The van der Waals surface area contributed by atoms with Gasteiger partial charge in [-0.3, -0.25) is 4.99 Å². The Balaban J connectivity index is 0.00000242. The van der Waals surface area contributed by atoms with Crippen LogP contribution < -0.4 is 10.6 Å². The summed E-state index contributed by atoms with van der Waals surface area (Å²) in [6, 6.07) is 0.523. The van der Waals surface area contributed by atoms with E-state index in [1.807, 2.05) is 0 Å². The Kier molecular flexibility index (Phi) is 10.1. The van der Waals surface area contributed by atoms with Gasteiger partial charge in [0.05, 0.1) is 6.54 Å². The van der Waals surface area contributed by atoms with Gasteiger partial charge in [-0.05, 0) is 46.3 Å². The van der Waals surface area contributed by atoms with Gasteiger partial charge in [-0.2, -0.15) is 0 Å². The Hall–Kier alpha value is -0.340. The van der Waals surface area contributed by atoms with Gasteiger partial charge in [0.15, 0.2) is 5.96 Å². The van der Waals surface area contributed by atoms with E-state index >= 15 is 0 Å². The van der Waals surface area contributed by atoms with Crippen LogP contribution in [0.15, 0.2) is 17.1 Å². The molecule has 1 saturated heterocycles. The number of halogens is 1. The summed E-state index contributed by atoms with van der Waals surface area (Å²) in [7, 11) is 2.21. The van der Waals surface area contributed by atoms with Crippen LogP contribution in [0.2, 0.25) is 0 Å². The Morgan fingerprint density at radius 1 is 1.18 bits per heavy atom. The zero-order valence-electron chi connectivity index (χ0n) is 14.1. The van der Waals surface area contributed by atoms with Crippen LogP contribution in [-0.2, 0) is 0 Å². The van der Waals surface area contributed by atoms with E-state index in [0.717, 1.165) is 38.4 Å². The maximum absolute atomic E-state index is 4.73. The summed E-state index contributed by atoms with van der Waals surface area (Å²) < 4.78 is 0. The van der Waals surface area contributed by atoms with Crippen LogP contribution in [0.3, 0.4) is 0 Å². The fourth-order valence-electron chi connectivity index (χ4n) is 2.88. The standard InChI is InChI=1S/C16H31N5.HI/c1-3-17-16(19-15-7-4-5-8-15)18-9-12-21-11-6-10-20(2)13-14-21;/h4-5,15H,3,6-14H2,1-2H3,(H2,17,18,19);1H. The smallest absolute Gasteiger partial charge is 0.191 e. The first kappa shape index (κ1) is 19.7. The van der Waals surface area contributed by atoms with Crippen molar-refractivity contribution in [2.45, 2.75) is 32.2 Å². The van der Waals surface area contributed by atoms with Gasteiger partial charge in [-0.1, -0.05) is 12.2 Å². The highest BCUT2D eigenvalue weighted by atomic mass is 127. The summed E-state index contributed by atoms with van der Waals surface area (Å²) in [6.45, 7) is 9.75. The van der Waals surface area contributed by atoms with Crippen LogP contribution in [0, 0.1) is 0 Å². The molecule has 22 heavy (non-hydrogen) atoms. The number of guanidine groups is 1. The molecule has 0 saturated carbocycles. The lowest BCUT2D eigenvalue weighted by Crippen LogP contribution is -2.43. The van der Waals surface area contributed by atoms with Crippen molar-refractivity contribution < 1.29 is 0 Å². The molecule has 0 aromatic heterocycles. The van der Waals surface area contributed by atoms with E-state index in [1.165, 1.54) is 32.6 Å². The largest absolute Gasteiger partial charge is 0.357 e. The first-order chi connectivity index (χ1) is 10.3. The Morgan fingerprint density at radius 2 is 1.95 bits per heavy atom. The molecule has 1 aliphatic heterocycles. The second-order valence-electron chi connectivity index (χ2n) is 6.04. The minimum atomic E-state index is 0. The number of nitrogens with one attached hydrogen (secondary N) is 2. The van der Waals surface area contributed by atoms with Crippen LogP contribution in [0.4, 0.5) is 0 Å². The average Bonchev–Trinajstić information content (AvgIpc) is 2.88. The van der Waals surface area contributed by atoms with E-state index in [2.05, 4.69) is 46.6 Å². The van der Waals surface area contributed by atoms with Crippen molar-refractivity contribution in [2.75, 3.05) is 52.9 Å². The summed E-state index contributed by atoms with van der Waals surface area (Å²) in [4.78, 5) is 9.69.